The Balaban J connectivity index is 0.873. The summed E-state index contributed by atoms with van der Waals surface area (Å²) in [4.78, 5) is 18.2. The van der Waals surface area contributed by atoms with Crippen LogP contribution < -0.4 is 25.6 Å². The van der Waals surface area contributed by atoms with Crippen molar-refractivity contribution in [2.24, 2.45) is 0 Å². The highest BCUT2D eigenvalue weighted by atomic mass is 32.1. The van der Waals surface area contributed by atoms with Gasteiger partial charge < -0.3 is 4.90 Å². The van der Waals surface area contributed by atoms with Gasteiger partial charge in [-0.25, -0.2) is 4.98 Å². The van der Waals surface area contributed by atoms with Crippen LogP contribution in [0, 0.1) is 0 Å². The minimum Gasteiger partial charge on any atom is -0.311 e. The quantitative estimate of drug-likeness (QED) is 0.142. The lowest BCUT2D eigenvalue weighted by Gasteiger charge is -2.30. The SMILES string of the molecule is c1ccc(-c2ccc(N(c3ccccc3)c3ccc4c(c3)[Si]3(c5ccccc5-c5ccccc53)c3cc(-c5ccc6c(c5)c5cc7c(cc5n6-c5nc(-c6ccccc6)nc(-c6ccccc6)n5)sc5ccccc57)ccc3-4)cc2)cc1. The van der Waals surface area contributed by atoms with E-state index in [0.29, 0.717) is 17.6 Å². The highest BCUT2D eigenvalue weighted by Crippen LogP contribution is 2.45. The number of rotatable bonds is 8. The largest absolute Gasteiger partial charge is 0.311 e. The molecule has 382 valence electrons. The molecule has 0 radical (unpaired) electrons. The first-order valence-electron chi connectivity index (χ1n) is 27.9. The summed E-state index contributed by atoms with van der Waals surface area (Å²) >= 11 is 1.83. The maximum Gasteiger partial charge on any atom is 0.238 e. The first-order valence-corrected chi connectivity index (χ1v) is 30.7. The minimum absolute atomic E-state index is 0.581. The Morgan fingerprint density at radius 1 is 0.293 bits per heavy atom. The third kappa shape index (κ3) is 7.07. The second-order valence-electron chi connectivity index (χ2n) is 21.5. The molecular formula is C75H47N5SSi. The van der Waals surface area contributed by atoms with E-state index in [-0.39, 0.29) is 0 Å². The lowest BCUT2D eigenvalue weighted by molar-refractivity contribution is 0.954. The maximum atomic E-state index is 5.32. The first-order chi connectivity index (χ1) is 40.6. The van der Waals surface area contributed by atoms with Crippen molar-refractivity contribution >= 4 is 99.2 Å². The molecule has 0 unspecified atom stereocenters. The molecule has 12 aromatic carbocycles. The van der Waals surface area contributed by atoms with Crippen molar-refractivity contribution in [3.8, 4) is 73.2 Å². The summed E-state index contributed by atoms with van der Waals surface area (Å²) in [7, 11) is -2.95. The van der Waals surface area contributed by atoms with Crippen molar-refractivity contribution < 1.29 is 0 Å². The molecule has 5 heterocycles. The van der Waals surface area contributed by atoms with Gasteiger partial charge in [-0.2, -0.15) is 9.97 Å². The fourth-order valence-electron chi connectivity index (χ4n) is 13.4. The Kier molecular flexibility index (Phi) is 10.4. The Morgan fingerprint density at radius 3 is 1.46 bits per heavy atom. The lowest BCUT2D eigenvalue weighted by Crippen LogP contribution is -2.70. The zero-order chi connectivity index (χ0) is 53.9. The van der Waals surface area contributed by atoms with Crippen LogP contribution in [0.25, 0.3) is 115 Å². The topological polar surface area (TPSA) is 46.8 Å². The second-order valence-corrected chi connectivity index (χ2v) is 26.2. The molecule has 5 nitrogen and oxygen atoms in total. The highest BCUT2D eigenvalue weighted by molar-refractivity contribution is 7.26. The molecule has 0 bridgehead atoms. The lowest BCUT2D eigenvalue weighted by atomic mass is 9.98. The van der Waals surface area contributed by atoms with Gasteiger partial charge in [0.25, 0.3) is 0 Å². The van der Waals surface area contributed by atoms with E-state index in [9.17, 15) is 0 Å². The number of para-hydroxylation sites is 1. The van der Waals surface area contributed by atoms with Crippen molar-refractivity contribution in [1.82, 2.24) is 19.5 Å². The van der Waals surface area contributed by atoms with Gasteiger partial charge in [0.05, 0.1) is 11.0 Å². The van der Waals surface area contributed by atoms with E-state index in [1.807, 2.05) is 47.7 Å². The number of nitrogens with zero attached hydrogens (tertiary/aromatic N) is 5. The smallest absolute Gasteiger partial charge is 0.238 e. The molecule has 2 aliphatic rings. The predicted molar refractivity (Wildman–Crippen MR) is 345 cm³/mol. The van der Waals surface area contributed by atoms with Gasteiger partial charge in [0, 0.05) is 59.1 Å². The summed E-state index contributed by atoms with van der Waals surface area (Å²) in [5.41, 5.74) is 17.4. The molecule has 0 saturated carbocycles. The molecule has 17 rings (SSSR count). The summed E-state index contributed by atoms with van der Waals surface area (Å²) in [5.74, 6) is 1.84. The summed E-state index contributed by atoms with van der Waals surface area (Å²) in [5, 5.41) is 10.5. The van der Waals surface area contributed by atoms with E-state index >= 15 is 0 Å². The molecule has 0 saturated heterocycles. The summed E-state index contributed by atoms with van der Waals surface area (Å²) < 4.78 is 4.75. The fraction of sp³-hybridized carbons (Fsp3) is 0. The van der Waals surface area contributed by atoms with E-state index in [4.69, 9.17) is 15.0 Å². The van der Waals surface area contributed by atoms with Crippen LogP contribution in [-0.2, 0) is 0 Å². The number of fused-ring (bicyclic) bond motifs is 16. The van der Waals surface area contributed by atoms with Gasteiger partial charge in [-0.15, -0.1) is 11.3 Å². The average Bonchev–Trinajstić information content (AvgIpc) is 4.11. The normalized spacial score (nSPS) is 12.7. The molecule has 0 fully saturated rings. The Labute approximate surface area is 479 Å². The third-order valence-electron chi connectivity index (χ3n) is 17.1. The fourth-order valence-corrected chi connectivity index (χ4v) is 20.2. The van der Waals surface area contributed by atoms with Crippen LogP contribution in [0.15, 0.2) is 285 Å². The van der Waals surface area contributed by atoms with Crippen LogP contribution >= 0.6 is 11.3 Å². The monoisotopic (exact) mass is 1080 g/mol. The summed E-state index contributed by atoms with van der Waals surface area (Å²) in [6.45, 7) is 0. The molecule has 82 heavy (non-hydrogen) atoms. The molecule has 0 aliphatic carbocycles. The second kappa shape index (κ2) is 18.4. The van der Waals surface area contributed by atoms with Crippen molar-refractivity contribution in [2.75, 3.05) is 4.90 Å². The predicted octanol–water partition coefficient (Wildman–Crippen LogP) is 16.8. The first kappa shape index (κ1) is 46.6. The molecule has 1 spiro atoms. The molecule has 15 aromatic rings. The standard InChI is InChI=1S/C75H47N5SSi/c1-5-19-48(20-6-1)49-33-37-55(38-34-49)79(54-25-11-4-12-26-54)56-39-41-61-60-40-35-53(44-71(60)82(72(61)45-56)69-31-17-14-28-58(69)59-29-15-18-32-70(59)82)52-36-42-65-62(43-52)63-46-64-57-27-13-16-30-67(57)81-68(64)47-66(63)80(65)75-77-73(50-21-7-2-8-22-50)76-74(78-75)51-23-9-3-10-24-51/h1-47H. The zero-order valence-electron chi connectivity index (χ0n) is 44.3. The van der Waals surface area contributed by atoms with Gasteiger partial charge in [0.1, 0.15) is 0 Å². The van der Waals surface area contributed by atoms with Crippen LogP contribution in [0.1, 0.15) is 0 Å². The number of hydrogen-bond donors (Lipinski definition) is 0. The third-order valence-corrected chi connectivity index (χ3v) is 23.1. The van der Waals surface area contributed by atoms with Gasteiger partial charge >= 0.3 is 0 Å². The maximum absolute atomic E-state index is 5.32. The molecule has 0 amide bonds. The number of hydrogen-bond acceptors (Lipinski definition) is 5. The number of thiophene rings is 1. The van der Waals surface area contributed by atoms with Gasteiger partial charge in [-0.05, 0) is 132 Å². The minimum atomic E-state index is -2.95. The van der Waals surface area contributed by atoms with Crippen molar-refractivity contribution in [1.29, 1.82) is 0 Å². The van der Waals surface area contributed by atoms with E-state index in [0.717, 1.165) is 55.6 Å². The van der Waals surface area contributed by atoms with E-state index in [2.05, 4.69) is 258 Å². The van der Waals surface area contributed by atoms with Crippen LogP contribution in [0.3, 0.4) is 0 Å². The van der Waals surface area contributed by atoms with Crippen molar-refractivity contribution in [2.45, 2.75) is 0 Å². The molecule has 7 heteroatoms. The molecule has 0 N–H and O–H groups in total. The zero-order valence-corrected chi connectivity index (χ0v) is 46.1. The Morgan fingerprint density at radius 2 is 0.780 bits per heavy atom. The van der Waals surface area contributed by atoms with E-state index in [1.54, 1.807) is 0 Å². The number of aromatic nitrogens is 4. The van der Waals surface area contributed by atoms with Crippen LogP contribution in [-0.4, -0.2) is 27.6 Å². The van der Waals surface area contributed by atoms with E-state index < -0.39 is 8.07 Å². The number of anilines is 3. The van der Waals surface area contributed by atoms with Crippen molar-refractivity contribution in [3.63, 3.8) is 0 Å². The van der Waals surface area contributed by atoms with Gasteiger partial charge in [-0.3, -0.25) is 4.57 Å². The number of benzene rings is 12. The van der Waals surface area contributed by atoms with E-state index in [1.165, 1.54) is 79.9 Å². The van der Waals surface area contributed by atoms with Crippen LogP contribution in [0.5, 0.6) is 0 Å². The Bertz CT molecular complexity index is 4930. The molecule has 0 atom stereocenters. The molecule has 2 aliphatic heterocycles. The van der Waals surface area contributed by atoms with Gasteiger partial charge in [-0.1, -0.05) is 218 Å². The van der Waals surface area contributed by atoms with Gasteiger partial charge in [0.2, 0.25) is 5.95 Å². The van der Waals surface area contributed by atoms with Crippen molar-refractivity contribution in [3.05, 3.63) is 285 Å². The van der Waals surface area contributed by atoms with Crippen LogP contribution in [0.4, 0.5) is 17.1 Å². The van der Waals surface area contributed by atoms with Crippen LogP contribution in [0.2, 0.25) is 0 Å². The summed E-state index contributed by atoms with van der Waals surface area (Å²) in [6, 6.07) is 105. The average molecular weight is 1080 g/mol. The highest BCUT2D eigenvalue weighted by Gasteiger charge is 2.54. The molecular weight excluding hydrogens is 1030 g/mol. The van der Waals surface area contributed by atoms with Gasteiger partial charge in [0.15, 0.2) is 19.7 Å². The molecule has 3 aromatic heterocycles. The Hall–Kier alpha value is -10.3. The summed E-state index contributed by atoms with van der Waals surface area (Å²) in [6.07, 6.45) is 0.